The predicted molar refractivity (Wildman–Crippen MR) is 68.5 cm³/mol. The van der Waals surface area contributed by atoms with E-state index < -0.39 is 0 Å². The van der Waals surface area contributed by atoms with Crippen molar-refractivity contribution >= 4 is 0 Å². The zero-order chi connectivity index (χ0) is 12.1. The van der Waals surface area contributed by atoms with E-state index in [1.807, 2.05) is 31.6 Å². The first-order valence-electron chi connectivity index (χ1n) is 5.77. The quantitative estimate of drug-likeness (QED) is 0.871. The molecule has 2 heterocycles. The van der Waals surface area contributed by atoms with Gasteiger partial charge in [-0.2, -0.15) is 0 Å². The third-order valence-electron chi connectivity index (χ3n) is 2.56. The maximum atomic E-state index is 4.27. The van der Waals surface area contributed by atoms with E-state index in [4.69, 9.17) is 0 Å². The molecule has 3 heteroatoms. The van der Waals surface area contributed by atoms with Crippen molar-refractivity contribution in [3.63, 3.8) is 0 Å². The van der Waals surface area contributed by atoms with Gasteiger partial charge >= 0.3 is 0 Å². The smallest absolute Gasteiger partial charge is 0.0372 e. The van der Waals surface area contributed by atoms with Gasteiger partial charge in [-0.25, -0.2) is 0 Å². The largest absolute Gasteiger partial charge is 0.309 e. The molecule has 0 atom stereocenters. The van der Waals surface area contributed by atoms with E-state index in [1.165, 1.54) is 16.7 Å². The second-order valence-corrected chi connectivity index (χ2v) is 4.28. The summed E-state index contributed by atoms with van der Waals surface area (Å²) in [5, 5.41) is 3.38. The van der Waals surface area contributed by atoms with Crippen LogP contribution in [0.4, 0.5) is 0 Å². The van der Waals surface area contributed by atoms with E-state index in [2.05, 4.69) is 34.3 Å². The molecular weight excluding hydrogens is 210 g/mol. The molecule has 2 aromatic rings. The first-order chi connectivity index (χ1) is 8.24. The second-order valence-electron chi connectivity index (χ2n) is 4.28. The Bertz CT molecular complexity index is 477. The summed E-state index contributed by atoms with van der Waals surface area (Å²) in [5.41, 5.74) is 4.67. The van der Waals surface area contributed by atoms with Crippen LogP contribution in [0.15, 0.2) is 36.8 Å². The molecule has 2 aromatic heterocycles. The summed E-state index contributed by atoms with van der Waals surface area (Å²) in [7, 11) is 0. The Morgan fingerprint density at radius 3 is 2.53 bits per heavy atom. The molecule has 0 saturated heterocycles. The van der Waals surface area contributed by atoms with E-state index in [0.717, 1.165) is 18.8 Å². The Hall–Kier alpha value is -1.74. The zero-order valence-corrected chi connectivity index (χ0v) is 10.3. The number of nitrogens with zero attached hydrogens (tertiary/aromatic N) is 2. The molecule has 0 fully saturated rings. The number of pyridine rings is 2. The maximum absolute atomic E-state index is 4.27. The van der Waals surface area contributed by atoms with Gasteiger partial charge in [-0.1, -0.05) is 12.1 Å². The first kappa shape index (κ1) is 11.7. The van der Waals surface area contributed by atoms with Gasteiger partial charge in [0.05, 0.1) is 0 Å². The molecule has 0 spiro atoms. The molecule has 3 nitrogen and oxygen atoms in total. The van der Waals surface area contributed by atoms with Crippen LogP contribution in [-0.4, -0.2) is 9.97 Å². The summed E-state index contributed by atoms with van der Waals surface area (Å²) in [5.74, 6) is 0. The average molecular weight is 227 g/mol. The summed E-state index contributed by atoms with van der Waals surface area (Å²) < 4.78 is 0. The molecule has 1 N–H and O–H groups in total. The number of hydrogen-bond donors (Lipinski definition) is 1. The van der Waals surface area contributed by atoms with E-state index in [-0.39, 0.29) is 0 Å². The third-order valence-corrected chi connectivity index (χ3v) is 2.56. The first-order valence-corrected chi connectivity index (χ1v) is 5.77. The molecule has 0 unspecified atom stereocenters. The fraction of sp³-hybridized carbons (Fsp3) is 0.286. The molecule has 0 bridgehead atoms. The van der Waals surface area contributed by atoms with Gasteiger partial charge < -0.3 is 5.32 Å². The van der Waals surface area contributed by atoms with Crippen LogP contribution in [0.1, 0.15) is 22.4 Å². The van der Waals surface area contributed by atoms with E-state index in [0.29, 0.717) is 0 Å². The molecule has 0 aliphatic heterocycles. The average Bonchev–Trinajstić information content (AvgIpc) is 2.32. The molecule has 0 aliphatic carbocycles. The van der Waals surface area contributed by atoms with Crippen LogP contribution in [0, 0.1) is 13.8 Å². The minimum absolute atomic E-state index is 0.835. The summed E-state index contributed by atoms with van der Waals surface area (Å²) in [4.78, 5) is 8.44. The van der Waals surface area contributed by atoms with Gasteiger partial charge in [-0.15, -0.1) is 0 Å². The monoisotopic (exact) mass is 227 g/mol. The highest BCUT2D eigenvalue weighted by atomic mass is 14.9. The lowest BCUT2D eigenvalue weighted by molar-refractivity contribution is 0.688. The Labute approximate surface area is 102 Å². The van der Waals surface area contributed by atoms with Crippen LogP contribution in [0.3, 0.4) is 0 Å². The fourth-order valence-corrected chi connectivity index (χ4v) is 1.67. The maximum Gasteiger partial charge on any atom is 0.0372 e. The lowest BCUT2D eigenvalue weighted by Gasteiger charge is -2.05. The Balaban J connectivity index is 1.85. The molecule has 88 valence electrons. The van der Waals surface area contributed by atoms with Crippen LogP contribution in [0.5, 0.6) is 0 Å². The molecule has 0 aromatic carbocycles. The minimum atomic E-state index is 0.835. The van der Waals surface area contributed by atoms with Crippen LogP contribution in [-0.2, 0) is 13.1 Å². The standard InChI is InChI=1S/C14H17N3/c1-11-5-14(8-15-6-11)9-16-7-13-4-3-12(2)17-10-13/h3-6,8,10,16H,7,9H2,1-2H3. The lowest BCUT2D eigenvalue weighted by Crippen LogP contribution is -2.13. The highest BCUT2D eigenvalue weighted by Crippen LogP contribution is 2.02. The molecule has 0 amide bonds. The predicted octanol–water partition coefficient (Wildman–Crippen LogP) is 2.38. The summed E-state index contributed by atoms with van der Waals surface area (Å²) in [6, 6.07) is 6.28. The van der Waals surface area contributed by atoms with Crippen LogP contribution in [0.25, 0.3) is 0 Å². The topological polar surface area (TPSA) is 37.8 Å². The van der Waals surface area contributed by atoms with Crippen molar-refractivity contribution in [1.82, 2.24) is 15.3 Å². The van der Waals surface area contributed by atoms with Gasteiger partial charge in [-0.05, 0) is 36.6 Å². The Kier molecular flexibility index (Phi) is 3.83. The van der Waals surface area contributed by atoms with Crippen molar-refractivity contribution in [2.24, 2.45) is 0 Å². The van der Waals surface area contributed by atoms with Gasteiger partial charge in [0, 0.05) is 37.4 Å². The van der Waals surface area contributed by atoms with E-state index in [9.17, 15) is 0 Å². The normalized spacial score (nSPS) is 10.5. The van der Waals surface area contributed by atoms with Gasteiger partial charge in [0.25, 0.3) is 0 Å². The SMILES string of the molecule is Cc1cncc(CNCc2ccc(C)nc2)c1. The molecule has 17 heavy (non-hydrogen) atoms. The fourth-order valence-electron chi connectivity index (χ4n) is 1.67. The highest BCUT2D eigenvalue weighted by Gasteiger charge is 1.95. The molecule has 2 rings (SSSR count). The second kappa shape index (κ2) is 5.55. The van der Waals surface area contributed by atoms with Crippen molar-refractivity contribution in [2.75, 3.05) is 0 Å². The number of aryl methyl sites for hydroxylation is 2. The third kappa shape index (κ3) is 3.64. The number of rotatable bonds is 4. The molecule has 0 aliphatic rings. The van der Waals surface area contributed by atoms with Gasteiger partial charge in [0.1, 0.15) is 0 Å². The summed E-state index contributed by atoms with van der Waals surface area (Å²) >= 11 is 0. The molecule has 0 saturated carbocycles. The van der Waals surface area contributed by atoms with Crippen LogP contribution < -0.4 is 5.32 Å². The molecule has 0 radical (unpaired) electrons. The van der Waals surface area contributed by atoms with Crippen molar-refractivity contribution in [3.8, 4) is 0 Å². The molecular formula is C14H17N3. The van der Waals surface area contributed by atoms with Gasteiger partial charge in [0.15, 0.2) is 0 Å². The number of nitrogens with one attached hydrogen (secondary N) is 1. The highest BCUT2D eigenvalue weighted by molar-refractivity contribution is 5.17. The van der Waals surface area contributed by atoms with Gasteiger partial charge in [0.2, 0.25) is 0 Å². The van der Waals surface area contributed by atoms with Gasteiger partial charge in [-0.3, -0.25) is 9.97 Å². The lowest BCUT2D eigenvalue weighted by atomic mass is 10.2. The van der Waals surface area contributed by atoms with Crippen molar-refractivity contribution in [3.05, 3.63) is 59.2 Å². The van der Waals surface area contributed by atoms with Crippen LogP contribution in [0.2, 0.25) is 0 Å². The van der Waals surface area contributed by atoms with E-state index >= 15 is 0 Å². The van der Waals surface area contributed by atoms with E-state index in [1.54, 1.807) is 0 Å². The van der Waals surface area contributed by atoms with Crippen molar-refractivity contribution in [1.29, 1.82) is 0 Å². The minimum Gasteiger partial charge on any atom is -0.309 e. The van der Waals surface area contributed by atoms with Crippen molar-refractivity contribution in [2.45, 2.75) is 26.9 Å². The number of aromatic nitrogens is 2. The number of hydrogen-bond acceptors (Lipinski definition) is 3. The zero-order valence-electron chi connectivity index (χ0n) is 10.3. The van der Waals surface area contributed by atoms with Crippen molar-refractivity contribution < 1.29 is 0 Å². The van der Waals surface area contributed by atoms with Crippen LogP contribution >= 0.6 is 0 Å². The Morgan fingerprint density at radius 2 is 1.82 bits per heavy atom. The summed E-state index contributed by atoms with van der Waals surface area (Å²) in [6.45, 7) is 5.72. The Morgan fingerprint density at radius 1 is 1.00 bits per heavy atom. The summed E-state index contributed by atoms with van der Waals surface area (Å²) in [6.07, 6.45) is 5.68.